The molecule has 0 saturated carbocycles. The van der Waals surface area contributed by atoms with Crippen LogP contribution in [0.2, 0.25) is 0 Å². The Morgan fingerprint density at radius 3 is 2.50 bits per heavy atom. The van der Waals surface area contributed by atoms with Crippen molar-refractivity contribution in [3.63, 3.8) is 0 Å². The van der Waals surface area contributed by atoms with Gasteiger partial charge in [0.05, 0.1) is 12.6 Å². The van der Waals surface area contributed by atoms with Crippen molar-refractivity contribution in [2.75, 3.05) is 6.61 Å². The number of carboxylic acid groups (broad SMARTS) is 1. The van der Waals surface area contributed by atoms with Gasteiger partial charge in [-0.3, -0.25) is 4.90 Å². The summed E-state index contributed by atoms with van der Waals surface area (Å²) in [6.45, 7) is 6.79. The molecule has 0 radical (unpaired) electrons. The molecule has 7 nitrogen and oxygen atoms in total. The van der Waals surface area contributed by atoms with Crippen molar-refractivity contribution in [2.45, 2.75) is 57.8 Å². The molecule has 0 bridgehead atoms. The van der Waals surface area contributed by atoms with Gasteiger partial charge in [0.25, 0.3) is 0 Å². The van der Waals surface area contributed by atoms with Gasteiger partial charge in [0, 0.05) is 13.8 Å². The average Bonchev–Trinajstić information content (AvgIpc) is 2.89. The van der Waals surface area contributed by atoms with Crippen LogP contribution in [0.1, 0.15) is 33.3 Å². The second kappa shape index (κ2) is 5.53. The summed E-state index contributed by atoms with van der Waals surface area (Å²) < 4.78 is 17.1. The van der Waals surface area contributed by atoms with E-state index in [0.717, 1.165) is 5.56 Å². The molecule has 2 aliphatic rings. The van der Waals surface area contributed by atoms with Gasteiger partial charge in [0.15, 0.2) is 11.5 Å². The number of ether oxygens (including phenoxy) is 3. The van der Waals surface area contributed by atoms with Crippen LogP contribution in [0.3, 0.4) is 0 Å². The lowest BCUT2D eigenvalue weighted by molar-refractivity contribution is -0.0770. The molecular weight excluding hydrogens is 314 g/mol. The number of carbonyl (C=O) groups is 1. The van der Waals surface area contributed by atoms with Crippen LogP contribution in [0, 0.1) is 0 Å². The van der Waals surface area contributed by atoms with E-state index in [1.165, 1.54) is 4.90 Å². The molecule has 0 aromatic heterocycles. The molecule has 0 spiro atoms. The van der Waals surface area contributed by atoms with E-state index in [9.17, 15) is 15.0 Å². The summed E-state index contributed by atoms with van der Waals surface area (Å²) in [4.78, 5) is 12.9. The number of fused-ring (bicyclic) bond motifs is 1. The smallest absolute Gasteiger partial charge is 0.409 e. The summed E-state index contributed by atoms with van der Waals surface area (Å²) in [5.74, 6) is 0.596. The number of aliphatic hydroxyl groups excluding tert-OH is 1. The maximum Gasteiger partial charge on any atom is 0.409 e. The lowest BCUT2D eigenvalue weighted by Crippen LogP contribution is -2.48. The van der Waals surface area contributed by atoms with Gasteiger partial charge in [-0.05, 0) is 38.0 Å². The van der Waals surface area contributed by atoms with Crippen LogP contribution in [0.5, 0.6) is 11.5 Å². The lowest BCUT2D eigenvalue weighted by Gasteiger charge is -2.31. The SMILES string of the molecule is CC1(C)Oc2ccc(CC3C(CO)OC(C)(C)N3C(=O)O)cc2O1. The van der Waals surface area contributed by atoms with Gasteiger partial charge in [-0.2, -0.15) is 0 Å². The minimum Gasteiger partial charge on any atom is -0.465 e. The Balaban J connectivity index is 1.86. The zero-order valence-corrected chi connectivity index (χ0v) is 14.3. The highest BCUT2D eigenvalue weighted by Gasteiger charge is 2.49. The van der Waals surface area contributed by atoms with Gasteiger partial charge >= 0.3 is 6.09 Å². The van der Waals surface area contributed by atoms with Crippen molar-refractivity contribution < 1.29 is 29.2 Å². The summed E-state index contributed by atoms with van der Waals surface area (Å²) >= 11 is 0. The molecule has 24 heavy (non-hydrogen) atoms. The first-order valence-electron chi connectivity index (χ1n) is 7.95. The van der Waals surface area contributed by atoms with Crippen LogP contribution in [-0.4, -0.2) is 51.5 Å². The molecule has 1 saturated heterocycles. The zero-order valence-electron chi connectivity index (χ0n) is 14.3. The van der Waals surface area contributed by atoms with Crippen LogP contribution in [-0.2, 0) is 11.2 Å². The molecule has 3 rings (SSSR count). The fourth-order valence-electron chi connectivity index (χ4n) is 3.46. The molecule has 0 aliphatic carbocycles. The summed E-state index contributed by atoms with van der Waals surface area (Å²) in [6, 6.07) is 5.07. The minimum atomic E-state index is -1.07. The van der Waals surface area contributed by atoms with Crippen LogP contribution in [0.4, 0.5) is 4.79 Å². The summed E-state index contributed by atoms with van der Waals surface area (Å²) in [5.41, 5.74) is -0.0894. The third kappa shape index (κ3) is 2.89. The molecule has 2 atom stereocenters. The highest BCUT2D eigenvalue weighted by Crippen LogP contribution is 2.41. The largest absolute Gasteiger partial charge is 0.465 e. The maximum absolute atomic E-state index is 11.7. The monoisotopic (exact) mass is 337 g/mol. The van der Waals surface area contributed by atoms with Crippen LogP contribution in [0.25, 0.3) is 0 Å². The topological polar surface area (TPSA) is 88.5 Å². The van der Waals surface area contributed by atoms with Gasteiger partial charge < -0.3 is 24.4 Å². The van der Waals surface area contributed by atoms with E-state index >= 15 is 0 Å². The second-order valence-electron chi connectivity index (χ2n) is 7.09. The fraction of sp³-hybridized carbons (Fsp3) is 0.588. The number of hydrogen-bond donors (Lipinski definition) is 2. The van der Waals surface area contributed by atoms with Crippen molar-refractivity contribution >= 4 is 6.09 Å². The summed E-state index contributed by atoms with van der Waals surface area (Å²) in [6.07, 6.45) is -1.22. The quantitative estimate of drug-likeness (QED) is 0.879. The highest BCUT2D eigenvalue weighted by atomic mass is 16.7. The zero-order chi connectivity index (χ0) is 17.7. The first kappa shape index (κ1) is 16.9. The standard InChI is InChI=1S/C17H23NO6/c1-16(2)18(15(20)21)11(14(9-19)22-16)7-10-5-6-12-13(8-10)24-17(3,4)23-12/h5-6,8,11,14,19H,7,9H2,1-4H3,(H,20,21). The highest BCUT2D eigenvalue weighted by molar-refractivity contribution is 5.67. The molecule has 7 heteroatoms. The Morgan fingerprint density at radius 1 is 1.21 bits per heavy atom. The number of amides is 1. The van der Waals surface area contributed by atoms with Crippen molar-refractivity contribution in [3.05, 3.63) is 23.8 Å². The van der Waals surface area contributed by atoms with Gasteiger partial charge in [0.1, 0.15) is 11.8 Å². The normalized spacial score (nSPS) is 26.6. The molecule has 132 valence electrons. The molecule has 2 unspecified atom stereocenters. The Labute approximate surface area is 140 Å². The van der Waals surface area contributed by atoms with Crippen molar-refractivity contribution in [1.29, 1.82) is 0 Å². The predicted molar refractivity (Wildman–Crippen MR) is 85.2 cm³/mol. The molecule has 2 aliphatic heterocycles. The number of aliphatic hydroxyl groups is 1. The average molecular weight is 337 g/mol. The molecule has 2 N–H and O–H groups in total. The molecule has 1 amide bonds. The molecule has 2 heterocycles. The minimum absolute atomic E-state index is 0.241. The molecule has 1 fully saturated rings. The third-order valence-electron chi connectivity index (χ3n) is 4.33. The van der Waals surface area contributed by atoms with Crippen molar-refractivity contribution in [2.24, 2.45) is 0 Å². The Morgan fingerprint density at radius 2 is 1.88 bits per heavy atom. The molecule has 1 aromatic carbocycles. The third-order valence-corrected chi connectivity index (χ3v) is 4.33. The van der Waals surface area contributed by atoms with Crippen LogP contribution in [0.15, 0.2) is 18.2 Å². The van der Waals surface area contributed by atoms with Crippen molar-refractivity contribution in [3.8, 4) is 11.5 Å². The fourth-order valence-corrected chi connectivity index (χ4v) is 3.46. The van der Waals surface area contributed by atoms with Crippen molar-refractivity contribution in [1.82, 2.24) is 4.90 Å². The van der Waals surface area contributed by atoms with Crippen LogP contribution < -0.4 is 9.47 Å². The van der Waals surface area contributed by atoms with E-state index in [2.05, 4.69) is 0 Å². The van der Waals surface area contributed by atoms with E-state index in [0.29, 0.717) is 17.9 Å². The lowest BCUT2D eigenvalue weighted by atomic mass is 10.00. The summed E-state index contributed by atoms with van der Waals surface area (Å²) in [5, 5.41) is 19.1. The Kier molecular flexibility index (Phi) is 3.88. The summed E-state index contributed by atoms with van der Waals surface area (Å²) in [7, 11) is 0. The van der Waals surface area contributed by atoms with E-state index in [1.54, 1.807) is 13.8 Å². The van der Waals surface area contributed by atoms with Gasteiger partial charge in [-0.25, -0.2) is 4.79 Å². The van der Waals surface area contributed by atoms with E-state index in [1.807, 2.05) is 32.0 Å². The number of rotatable bonds is 3. The van der Waals surface area contributed by atoms with Crippen LogP contribution >= 0.6 is 0 Å². The maximum atomic E-state index is 11.7. The number of nitrogens with zero attached hydrogens (tertiary/aromatic N) is 1. The number of benzene rings is 1. The van der Waals surface area contributed by atoms with E-state index in [-0.39, 0.29) is 6.61 Å². The van der Waals surface area contributed by atoms with Gasteiger partial charge in [0.2, 0.25) is 5.79 Å². The first-order valence-corrected chi connectivity index (χ1v) is 7.95. The van der Waals surface area contributed by atoms with E-state index in [4.69, 9.17) is 14.2 Å². The number of hydrogen-bond acceptors (Lipinski definition) is 5. The Hall–Kier alpha value is -1.99. The van der Waals surface area contributed by atoms with E-state index < -0.39 is 29.8 Å². The van der Waals surface area contributed by atoms with Gasteiger partial charge in [-0.15, -0.1) is 0 Å². The second-order valence-corrected chi connectivity index (χ2v) is 7.09. The first-order chi connectivity index (χ1) is 11.1. The molecule has 1 aromatic rings. The molecular formula is C17H23NO6. The van der Waals surface area contributed by atoms with Gasteiger partial charge in [-0.1, -0.05) is 6.07 Å². The predicted octanol–water partition coefficient (Wildman–Crippen LogP) is 2.21. The Bertz CT molecular complexity index is 656.